The fourth-order valence-corrected chi connectivity index (χ4v) is 5.82. The van der Waals surface area contributed by atoms with Crippen molar-refractivity contribution in [2.24, 2.45) is 5.92 Å². The van der Waals surface area contributed by atoms with Crippen molar-refractivity contribution in [1.82, 2.24) is 24.2 Å². The molecule has 1 aromatic carbocycles. The van der Waals surface area contributed by atoms with Gasteiger partial charge in [0.2, 0.25) is 21.8 Å². The quantitative estimate of drug-likeness (QED) is 0.444. The van der Waals surface area contributed by atoms with Crippen molar-refractivity contribution in [3.05, 3.63) is 30.6 Å². The molecule has 0 spiro atoms. The smallest absolute Gasteiger partial charge is 0.320 e. The summed E-state index contributed by atoms with van der Waals surface area (Å²) in [6.45, 7) is 1.14. The van der Waals surface area contributed by atoms with Crippen molar-refractivity contribution in [1.29, 1.82) is 0 Å². The zero-order valence-electron chi connectivity index (χ0n) is 21.8. The van der Waals surface area contributed by atoms with Gasteiger partial charge >= 0.3 is 6.55 Å². The van der Waals surface area contributed by atoms with Gasteiger partial charge in [-0.2, -0.15) is 13.1 Å². The Morgan fingerprint density at radius 2 is 1.90 bits per heavy atom. The van der Waals surface area contributed by atoms with E-state index in [1.807, 2.05) is 12.1 Å². The minimum absolute atomic E-state index is 0.00656. The molecule has 0 radical (unpaired) electrons. The van der Waals surface area contributed by atoms with Crippen LogP contribution >= 0.6 is 0 Å². The minimum Gasteiger partial charge on any atom is -0.495 e. The molecule has 2 fully saturated rings. The molecule has 0 aliphatic carbocycles. The fraction of sp³-hybridized carbons (Fsp3) is 0.480. The Bertz CT molecular complexity index is 1490. The van der Waals surface area contributed by atoms with Gasteiger partial charge in [-0.1, -0.05) is 6.07 Å². The number of alkyl halides is 2. The Morgan fingerprint density at radius 1 is 1.15 bits per heavy atom. The summed E-state index contributed by atoms with van der Waals surface area (Å²) in [6, 6.07) is 7.12. The van der Waals surface area contributed by atoms with Crippen LogP contribution in [-0.2, 0) is 14.8 Å². The lowest BCUT2D eigenvalue weighted by atomic mass is 10.0. The first kappa shape index (κ1) is 27.1. The number of rotatable bonds is 8. The fourth-order valence-electron chi connectivity index (χ4n) is 4.99. The monoisotopic (exact) mass is 564 g/mol. The first-order valence-corrected chi connectivity index (χ1v) is 14.4. The SMILES string of the molecule is COc1cc(-c2cc3ncn(C(F)F)c3c(O[C@H](C)C3CNC(=O)C3)n2)ccc1N1CCN(S(C)(=O)=O)CC1. The van der Waals surface area contributed by atoms with E-state index in [0.717, 1.165) is 12.0 Å². The highest BCUT2D eigenvalue weighted by molar-refractivity contribution is 7.88. The van der Waals surface area contributed by atoms with Crippen molar-refractivity contribution < 1.29 is 31.5 Å². The van der Waals surface area contributed by atoms with Gasteiger partial charge in [0.05, 0.1) is 30.3 Å². The minimum atomic E-state index is -3.25. The summed E-state index contributed by atoms with van der Waals surface area (Å²) in [4.78, 5) is 22.5. The average Bonchev–Trinajstić information content (AvgIpc) is 3.54. The van der Waals surface area contributed by atoms with Crippen molar-refractivity contribution in [2.75, 3.05) is 51.0 Å². The molecule has 2 atom stereocenters. The van der Waals surface area contributed by atoms with Crippen LogP contribution < -0.4 is 19.7 Å². The molecule has 3 aromatic rings. The van der Waals surface area contributed by atoms with Crippen molar-refractivity contribution in [3.8, 4) is 22.9 Å². The van der Waals surface area contributed by atoms with E-state index in [9.17, 15) is 22.0 Å². The number of nitrogens with one attached hydrogen (secondary N) is 1. The third-order valence-corrected chi connectivity index (χ3v) is 8.53. The summed E-state index contributed by atoms with van der Waals surface area (Å²) in [5.74, 6) is 0.368. The van der Waals surface area contributed by atoms with Crippen LogP contribution in [0.1, 0.15) is 19.9 Å². The van der Waals surface area contributed by atoms with E-state index in [4.69, 9.17) is 9.47 Å². The third-order valence-electron chi connectivity index (χ3n) is 7.22. The Labute approximate surface area is 224 Å². The summed E-state index contributed by atoms with van der Waals surface area (Å²) in [6.07, 6.45) is 2.08. The molecule has 2 aromatic heterocycles. The first-order valence-electron chi connectivity index (χ1n) is 12.5. The van der Waals surface area contributed by atoms with E-state index in [0.29, 0.717) is 59.8 Å². The van der Waals surface area contributed by atoms with E-state index in [-0.39, 0.29) is 29.6 Å². The van der Waals surface area contributed by atoms with Crippen LogP contribution in [0.15, 0.2) is 30.6 Å². The number of amides is 1. The number of benzene rings is 1. The molecule has 1 amide bonds. The summed E-state index contributed by atoms with van der Waals surface area (Å²) < 4.78 is 65.2. The number of imidazole rings is 1. The maximum Gasteiger partial charge on any atom is 0.320 e. The third kappa shape index (κ3) is 5.48. The topological polar surface area (TPSA) is 119 Å². The predicted octanol–water partition coefficient (Wildman–Crippen LogP) is 2.49. The Kier molecular flexibility index (Phi) is 7.33. The summed E-state index contributed by atoms with van der Waals surface area (Å²) >= 11 is 0. The standard InChI is InChI=1S/C25H30F2N6O5S/c1-15(17-11-22(34)28-13-17)38-24-23-19(29-14-33(23)25(26)27)12-18(30-24)16-4-5-20(21(10-16)37-2)31-6-8-32(9-7-31)39(3,35)36/h4-5,10,12,14-15,17,25H,6-9,11,13H2,1-3H3,(H,28,34)/t15-,17?/m1/s1. The molecule has 5 rings (SSSR count). The second-order valence-corrected chi connectivity index (χ2v) is 11.7. The number of halogens is 2. The number of piperazine rings is 1. The van der Waals surface area contributed by atoms with E-state index in [1.165, 1.54) is 10.6 Å². The Morgan fingerprint density at radius 3 is 2.51 bits per heavy atom. The molecule has 1 unspecified atom stereocenters. The lowest BCUT2D eigenvalue weighted by Gasteiger charge is -2.35. The van der Waals surface area contributed by atoms with Gasteiger partial charge in [-0.15, -0.1) is 0 Å². The number of fused-ring (bicyclic) bond motifs is 1. The Hall–Kier alpha value is -3.52. The van der Waals surface area contributed by atoms with E-state index in [1.54, 1.807) is 26.2 Å². The molecule has 210 valence electrons. The van der Waals surface area contributed by atoms with Crippen molar-refractivity contribution in [2.45, 2.75) is 26.0 Å². The number of pyridine rings is 1. The van der Waals surface area contributed by atoms with Crippen LogP contribution in [0, 0.1) is 5.92 Å². The highest BCUT2D eigenvalue weighted by atomic mass is 32.2. The van der Waals surface area contributed by atoms with Crippen LogP contribution in [0.25, 0.3) is 22.3 Å². The number of sulfonamides is 1. The number of ether oxygens (including phenoxy) is 2. The molecule has 1 N–H and O–H groups in total. The second kappa shape index (κ2) is 10.6. The largest absolute Gasteiger partial charge is 0.495 e. The van der Waals surface area contributed by atoms with Crippen LogP contribution in [0.3, 0.4) is 0 Å². The number of hydrogen-bond acceptors (Lipinski definition) is 8. The number of hydrogen-bond donors (Lipinski definition) is 1. The summed E-state index contributed by atoms with van der Waals surface area (Å²) in [7, 11) is -1.71. The molecule has 2 aliphatic rings. The first-order chi connectivity index (χ1) is 18.5. The number of carbonyl (C=O) groups is 1. The van der Waals surface area contributed by atoms with Gasteiger partial charge in [0.25, 0.3) is 0 Å². The van der Waals surface area contributed by atoms with Crippen LogP contribution in [-0.4, -0.2) is 85.4 Å². The molecular formula is C25H30F2N6O5S. The maximum absolute atomic E-state index is 13.8. The van der Waals surface area contributed by atoms with Gasteiger partial charge in [0.15, 0.2) is 0 Å². The highest BCUT2D eigenvalue weighted by Crippen LogP contribution is 2.37. The summed E-state index contributed by atoms with van der Waals surface area (Å²) in [5, 5.41) is 2.76. The normalized spacial score (nSPS) is 19.5. The van der Waals surface area contributed by atoms with Gasteiger partial charge < -0.3 is 19.7 Å². The summed E-state index contributed by atoms with van der Waals surface area (Å²) in [5.41, 5.74) is 2.29. The molecule has 4 heterocycles. The second-order valence-electron chi connectivity index (χ2n) is 9.74. The van der Waals surface area contributed by atoms with Crippen LogP contribution in [0.2, 0.25) is 0 Å². The number of nitrogens with zero attached hydrogens (tertiary/aromatic N) is 5. The molecular weight excluding hydrogens is 534 g/mol. The van der Waals surface area contributed by atoms with E-state index >= 15 is 0 Å². The van der Waals surface area contributed by atoms with Gasteiger partial charge in [0.1, 0.15) is 23.7 Å². The number of methoxy groups -OCH3 is 1. The van der Waals surface area contributed by atoms with Crippen molar-refractivity contribution >= 4 is 32.7 Å². The molecule has 14 heteroatoms. The molecule has 39 heavy (non-hydrogen) atoms. The predicted molar refractivity (Wildman–Crippen MR) is 141 cm³/mol. The Balaban J connectivity index is 1.47. The molecule has 0 saturated carbocycles. The van der Waals surface area contributed by atoms with Crippen molar-refractivity contribution in [3.63, 3.8) is 0 Å². The number of anilines is 1. The average molecular weight is 565 g/mol. The molecule has 0 bridgehead atoms. The highest BCUT2D eigenvalue weighted by Gasteiger charge is 2.30. The van der Waals surface area contributed by atoms with Gasteiger partial charge in [-0.25, -0.2) is 18.4 Å². The molecule has 2 aliphatic heterocycles. The lowest BCUT2D eigenvalue weighted by molar-refractivity contribution is -0.119. The zero-order chi connectivity index (χ0) is 27.9. The maximum atomic E-state index is 13.8. The van der Waals surface area contributed by atoms with Gasteiger partial charge in [-0.3, -0.25) is 9.36 Å². The van der Waals surface area contributed by atoms with Crippen LogP contribution in [0.5, 0.6) is 11.6 Å². The molecule has 2 saturated heterocycles. The number of carbonyl (C=O) groups excluding carboxylic acids is 1. The van der Waals surface area contributed by atoms with E-state index < -0.39 is 22.7 Å². The zero-order valence-corrected chi connectivity index (χ0v) is 22.6. The molecule has 11 nitrogen and oxygen atoms in total. The lowest BCUT2D eigenvalue weighted by Crippen LogP contribution is -2.48. The van der Waals surface area contributed by atoms with Crippen LogP contribution in [0.4, 0.5) is 14.5 Å². The van der Waals surface area contributed by atoms with Gasteiger partial charge in [0, 0.05) is 50.6 Å². The number of aromatic nitrogens is 3. The van der Waals surface area contributed by atoms with Gasteiger partial charge in [-0.05, 0) is 25.1 Å². The van der Waals surface area contributed by atoms with E-state index in [2.05, 4.69) is 20.2 Å².